The Bertz CT molecular complexity index is 1360. The average Bonchev–Trinajstić information content (AvgIpc) is 3.32. The van der Waals surface area contributed by atoms with Gasteiger partial charge in [-0.3, -0.25) is 4.79 Å². The summed E-state index contributed by atoms with van der Waals surface area (Å²) in [6.45, 7) is 1.81. The first kappa shape index (κ1) is 26.3. The number of aliphatic hydroxyl groups excluding tert-OH is 1. The molecule has 194 valence electrons. The lowest BCUT2D eigenvalue weighted by atomic mass is 9.80. The number of hydrogen-bond donors (Lipinski definition) is 2. The number of hydrogen-bond acceptors (Lipinski definition) is 6. The van der Waals surface area contributed by atoms with Crippen LogP contribution in [0, 0.1) is 0 Å². The summed E-state index contributed by atoms with van der Waals surface area (Å²) in [5.74, 6) is -0.550. The van der Waals surface area contributed by atoms with Gasteiger partial charge in [-0.05, 0) is 49.7 Å². The Morgan fingerprint density at radius 2 is 1.81 bits per heavy atom. The molecule has 0 aliphatic heterocycles. The molecule has 2 aromatic carbocycles. The van der Waals surface area contributed by atoms with E-state index in [0.29, 0.717) is 22.5 Å². The molecule has 2 aromatic heterocycles. The van der Waals surface area contributed by atoms with Gasteiger partial charge in [0.25, 0.3) is 0 Å². The van der Waals surface area contributed by atoms with Crippen LogP contribution in [0.4, 0.5) is 13.2 Å². The number of nitrogens with one attached hydrogen (secondary N) is 1. The van der Waals surface area contributed by atoms with Crippen LogP contribution in [0.3, 0.4) is 0 Å². The molecule has 0 saturated carbocycles. The molecule has 0 saturated heterocycles. The topological polar surface area (TPSA) is 88.7 Å². The Morgan fingerprint density at radius 1 is 1.11 bits per heavy atom. The molecular formula is C27H27F3N4O3. The number of nitrogens with zero attached hydrogens (tertiary/aromatic N) is 3. The van der Waals surface area contributed by atoms with Crippen LogP contribution < -0.4 is 5.32 Å². The van der Waals surface area contributed by atoms with E-state index in [4.69, 9.17) is 4.74 Å². The fraction of sp³-hybridized carbons (Fsp3) is 0.296. The smallest absolute Gasteiger partial charge is 0.416 e. The molecule has 0 fully saturated rings. The van der Waals surface area contributed by atoms with Crippen molar-refractivity contribution in [2.75, 3.05) is 20.2 Å². The zero-order valence-corrected chi connectivity index (χ0v) is 20.4. The van der Waals surface area contributed by atoms with Crippen LogP contribution in [0.15, 0.2) is 73.1 Å². The van der Waals surface area contributed by atoms with Gasteiger partial charge < -0.3 is 15.2 Å². The van der Waals surface area contributed by atoms with Crippen molar-refractivity contribution < 1.29 is 27.8 Å². The zero-order valence-electron chi connectivity index (χ0n) is 20.4. The third kappa shape index (κ3) is 5.65. The van der Waals surface area contributed by atoms with Crippen LogP contribution in [0.5, 0.6) is 0 Å². The number of esters is 1. The Morgan fingerprint density at radius 3 is 2.46 bits per heavy atom. The molecule has 0 aliphatic rings. The van der Waals surface area contributed by atoms with Crippen molar-refractivity contribution in [3.8, 4) is 11.1 Å². The maximum atomic E-state index is 13.5. The molecule has 2 heterocycles. The van der Waals surface area contributed by atoms with Gasteiger partial charge in [0.1, 0.15) is 18.1 Å². The van der Waals surface area contributed by atoms with E-state index in [1.54, 1.807) is 20.0 Å². The molecule has 4 aromatic rings. The Balaban J connectivity index is 1.75. The summed E-state index contributed by atoms with van der Waals surface area (Å²) in [7, 11) is 1.68. The number of rotatable bonds is 9. The number of carbonyl (C=O) groups is 1. The van der Waals surface area contributed by atoms with Gasteiger partial charge >= 0.3 is 12.1 Å². The molecule has 10 heteroatoms. The van der Waals surface area contributed by atoms with Crippen LogP contribution in [-0.4, -0.2) is 52.0 Å². The number of fused-ring (bicyclic) bond motifs is 1. The minimum Gasteiger partial charge on any atom is -0.462 e. The molecule has 2 atom stereocenters. The van der Waals surface area contributed by atoms with Crippen molar-refractivity contribution in [2.24, 2.45) is 0 Å². The Labute approximate surface area is 211 Å². The molecule has 2 unspecified atom stereocenters. The van der Waals surface area contributed by atoms with Gasteiger partial charge in [0.2, 0.25) is 0 Å². The normalized spacial score (nSPS) is 14.3. The molecule has 37 heavy (non-hydrogen) atoms. The van der Waals surface area contributed by atoms with Gasteiger partial charge in [0.15, 0.2) is 5.65 Å². The highest BCUT2D eigenvalue weighted by molar-refractivity contribution is 5.84. The number of alkyl halides is 3. The van der Waals surface area contributed by atoms with Gasteiger partial charge in [0, 0.05) is 18.3 Å². The molecule has 4 rings (SSSR count). The minimum absolute atomic E-state index is 0.186. The fourth-order valence-corrected chi connectivity index (χ4v) is 4.25. The van der Waals surface area contributed by atoms with Crippen molar-refractivity contribution in [1.82, 2.24) is 19.9 Å². The number of benzene rings is 2. The predicted molar refractivity (Wildman–Crippen MR) is 132 cm³/mol. The molecule has 0 spiro atoms. The highest BCUT2D eigenvalue weighted by Gasteiger charge is 2.40. The largest absolute Gasteiger partial charge is 0.462 e. The number of ether oxygens (including phenoxy) is 1. The summed E-state index contributed by atoms with van der Waals surface area (Å²) in [5.41, 5.74) is 0.835. The molecule has 0 bridgehead atoms. The summed E-state index contributed by atoms with van der Waals surface area (Å²) >= 11 is 0. The summed E-state index contributed by atoms with van der Waals surface area (Å²) in [5, 5.41) is 17.3. The van der Waals surface area contributed by atoms with Crippen molar-refractivity contribution in [1.29, 1.82) is 0 Å². The van der Waals surface area contributed by atoms with Crippen molar-refractivity contribution in [3.63, 3.8) is 0 Å². The van der Waals surface area contributed by atoms with Crippen molar-refractivity contribution in [2.45, 2.75) is 31.0 Å². The van der Waals surface area contributed by atoms with Crippen LogP contribution >= 0.6 is 0 Å². The third-order valence-corrected chi connectivity index (χ3v) is 6.19. The highest BCUT2D eigenvalue weighted by atomic mass is 19.4. The Hall–Kier alpha value is -3.76. The molecular weight excluding hydrogens is 485 g/mol. The number of likely N-dealkylation sites (N-methyl/N-ethyl adjacent to an activating group) is 1. The van der Waals surface area contributed by atoms with E-state index in [2.05, 4.69) is 15.4 Å². The lowest BCUT2D eigenvalue weighted by molar-refractivity contribution is -0.153. The summed E-state index contributed by atoms with van der Waals surface area (Å²) in [4.78, 5) is 17.9. The lowest BCUT2D eigenvalue weighted by Gasteiger charge is -2.29. The molecule has 0 radical (unpaired) electrons. The first-order valence-electron chi connectivity index (χ1n) is 11.7. The lowest BCUT2D eigenvalue weighted by Crippen LogP contribution is -2.40. The van der Waals surface area contributed by atoms with Crippen molar-refractivity contribution in [3.05, 3.63) is 89.9 Å². The number of aliphatic hydroxyl groups is 1. The van der Waals surface area contributed by atoms with E-state index in [1.165, 1.54) is 29.0 Å². The highest BCUT2D eigenvalue weighted by Crippen LogP contribution is 2.34. The monoisotopic (exact) mass is 512 g/mol. The second-order valence-corrected chi connectivity index (χ2v) is 9.00. The van der Waals surface area contributed by atoms with Gasteiger partial charge in [0.05, 0.1) is 17.5 Å². The quantitative estimate of drug-likeness (QED) is 0.329. The van der Waals surface area contributed by atoms with E-state index in [-0.39, 0.29) is 19.6 Å². The Kier molecular flexibility index (Phi) is 7.60. The zero-order chi connectivity index (χ0) is 26.6. The van der Waals surface area contributed by atoms with Gasteiger partial charge in [-0.2, -0.15) is 18.3 Å². The summed E-state index contributed by atoms with van der Waals surface area (Å²) in [6.07, 6.45) is -1.98. The van der Waals surface area contributed by atoms with E-state index in [1.807, 2.05) is 30.3 Å². The van der Waals surface area contributed by atoms with Crippen molar-refractivity contribution >= 4 is 11.6 Å². The maximum Gasteiger partial charge on any atom is 0.416 e. The summed E-state index contributed by atoms with van der Waals surface area (Å²) in [6, 6.07) is 15.8. The first-order valence-corrected chi connectivity index (χ1v) is 11.7. The van der Waals surface area contributed by atoms with E-state index < -0.39 is 29.2 Å². The molecule has 0 aliphatic carbocycles. The third-order valence-electron chi connectivity index (χ3n) is 6.19. The van der Waals surface area contributed by atoms with Crippen LogP contribution in [0.1, 0.15) is 23.7 Å². The van der Waals surface area contributed by atoms with Gasteiger partial charge in [-0.15, -0.1) is 0 Å². The number of halogens is 3. The van der Waals surface area contributed by atoms with Gasteiger partial charge in [-0.25, -0.2) is 9.50 Å². The summed E-state index contributed by atoms with van der Waals surface area (Å²) < 4.78 is 46.1. The molecule has 0 amide bonds. The average molecular weight is 513 g/mol. The number of carbonyl (C=O) groups excluding carboxylic acids is 1. The van der Waals surface area contributed by atoms with Crippen LogP contribution in [-0.2, 0) is 27.5 Å². The van der Waals surface area contributed by atoms with E-state index >= 15 is 0 Å². The second kappa shape index (κ2) is 10.7. The minimum atomic E-state index is -4.44. The van der Waals surface area contributed by atoms with Crippen LogP contribution in [0.25, 0.3) is 16.8 Å². The molecule has 2 N–H and O–H groups in total. The number of aromatic nitrogens is 3. The fourth-order valence-electron chi connectivity index (χ4n) is 4.25. The van der Waals surface area contributed by atoms with Gasteiger partial charge in [-0.1, -0.05) is 42.5 Å². The van der Waals surface area contributed by atoms with E-state index in [9.17, 15) is 23.1 Å². The standard InChI is InChI=1S/C27H27F3N4O3/c1-26(14-18-6-4-3-5-7-18,25(36)37-17-21(35)15-31-2)23-12-13-32-24-22(16-33-34(23)24)19-8-10-20(11-9-19)27(28,29)30/h3-13,16,21,31,35H,14-15,17H2,1-2H3. The van der Waals surface area contributed by atoms with Crippen LogP contribution in [0.2, 0.25) is 0 Å². The molecule has 7 nitrogen and oxygen atoms in total. The SMILES string of the molecule is CNCC(O)COC(=O)C(C)(Cc1ccccc1)c1ccnc2c(-c3ccc(C(F)(F)F)cc3)cnn12. The van der Waals surface area contributed by atoms with E-state index in [0.717, 1.165) is 17.7 Å². The second-order valence-electron chi connectivity index (χ2n) is 9.00. The predicted octanol–water partition coefficient (Wildman–Crippen LogP) is 4.04. The first-order chi connectivity index (χ1) is 17.6. The maximum absolute atomic E-state index is 13.5.